The van der Waals surface area contributed by atoms with E-state index in [4.69, 9.17) is 4.98 Å². The predicted octanol–water partition coefficient (Wildman–Crippen LogP) is 1.75. The summed E-state index contributed by atoms with van der Waals surface area (Å²) in [5.41, 5.74) is 2.48. The molecule has 0 radical (unpaired) electrons. The molecule has 0 aromatic carbocycles. The number of hydrogen-bond donors (Lipinski definition) is 1. The first-order valence-corrected chi connectivity index (χ1v) is 7.07. The van der Waals surface area contributed by atoms with E-state index in [1.54, 1.807) is 0 Å². The Balaban J connectivity index is 2.71. The number of nitrogens with zero attached hydrogens (tertiary/aromatic N) is 3. The van der Waals surface area contributed by atoms with Crippen LogP contribution in [0.5, 0.6) is 0 Å². The minimum atomic E-state index is 0.897. The van der Waals surface area contributed by atoms with Crippen LogP contribution < -0.4 is 10.2 Å². The minimum Gasteiger partial charge on any atom is -0.360 e. The molecule has 0 atom stereocenters. The molecule has 4 nitrogen and oxygen atoms in total. The molecule has 1 heterocycles. The number of rotatable bonds is 8. The van der Waals surface area contributed by atoms with Gasteiger partial charge in [-0.25, -0.2) is 4.98 Å². The molecule has 19 heavy (non-hydrogen) atoms. The second-order valence-corrected chi connectivity index (χ2v) is 5.29. The second-order valence-electron chi connectivity index (χ2n) is 5.29. The van der Waals surface area contributed by atoms with Crippen LogP contribution in [0.2, 0.25) is 0 Å². The Morgan fingerprint density at radius 3 is 2.47 bits per heavy atom. The zero-order valence-electron chi connectivity index (χ0n) is 13.0. The summed E-state index contributed by atoms with van der Waals surface area (Å²) in [6.45, 7) is 5.20. The van der Waals surface area contributed by atoms with Crippen molar-refractivity contribution in [2.75, 3.05) is 46.2 Å². The summed E-state index contributed by atoms with van der Waals surface area (Å²) in [5.74, 6) is 1.09. The fourth-order valence-electron chi connectivity index (χ4n) is 2.05. The number of anilines is 1. The fraction of sp³-hybridized carbons (Fsp3) is 0.667. The molecular formula is C15H28N4. The van der Waals surface area contributed by atoms with Crippen LogP contribution in [0.25, 0.3) is 0 Å². The Morgan fingerprint density at radius 2 is 1.89 bits per heavy atom. The summed E-state index contributed by atoms with van der Waals surface area (Å²) in [6.07, 6.45) is 2.14. The molecule has 0 bridgehead atoms. The molecule has 108 valence electrons. The number of nitrogens with one attached hydrogen (secondary N) is 1. The van der Waals surface area contributed by atoms with Crippen molar-refractivity contribution in [3.63, 3.8) is 0 Å². The predicted molar refractivity (Wildman–Crippen MR) is 82.8 cm³/mol. The number of aryl methyl sites for hydroxylation is 1. The third kappa shape index (κ3) is 5.57. The van der Waals surface area contributed by atoms with Crippen molar-refractivity contribution in [2.45, 2.75) is 26.3 Å². The van der Waals surface area contributed by atoms with E-state index in [-0.39, 0.29) is 0 Å². The van der Waals surface area contributed by atoms with Crippen molar-refractivity contribution >= 4 is 5.82 Å². The summed E-state index contributed by atoms with van der Waals surface area (Å²) in [6, 6.07) is 4.37. The largest absolute Gasteiger partial charge is 0.360 e. The molecule has 1 rings (SSSR count). The first-order chi connectivity index (χ1) is 9.06. The highest BCUT2D eigenvalue weighted by atomic mass is 15.2. The molecule has 1 aromatic rings. The number of pyridine rings is 1. The Kier molecular flexibility index (Phi) is 6.81. The van der Waals surface area contributed by atoms with E-state index in [1.807, 2.05) is 7.05 Å². The van der Waals surface area contributed by atoms with Gasteiger partial charge in [0.25, 0.3) is 0 Å². The molecule has 0 spiro atoms. The van der Waals surface area contributed by atoms with E-state index in [9.17, 15) is 0 Å². The minimum absolute atomic E-state index is 0.897. The first-order valence-electron chi connectivity index (χ1n) is 7.07. The standard InChI is InChI=1S/C15H28N4/c1-6-14-10-13(12-16-2)11-15(17-14)19(5)9-7-8-18(3)4/h10-11,16H,6-9,12H2,1-5H3. The van der Waals surface area contributed by atoms with Crippen molar-refractivity contribution in [1.82, 2.24) is 15.2 Å². The van der Waals surface area contributed by atoms with Crippen molar-refractivity contribution in [3.8, 4) is 0 Å². The van der Waals surface area contributed by atoms with Crippen molar-refractivity contribution < 1.29 is 0 Å². The van der Waals surface area contributed by atoms with Gasteiger partial charge in [-0.3, -0.25) is 0 Å². The summed E-state index contributed by atoms with van der Waals surface area (Å²) >= 11 is 0. The van der Waals surface area contributed by atoms with Gasteiger partial charge in [-0.05, 0) is 58.2 Å². The molecule has 1 N–H and O–H groups in total. The van der Waals surface area contributed by atoms with Crippen LogP contribution in [0, 0.1) is 0 Å². The molecular weight excluding hydrogens is 236 g/mol. The summed E-state index contributed by atoms with van der Waals surface area (Å²) in [7, 11) is 8.33. The lowest BCUT2D eigenvalue weighted by Gasteiger charge is -2.21. The van der Waals surface area contributed by atoms with Crippen LogP contribution in [0.4, 0.5) is 5.82 Å². The summed E-state index contributed by atoms with van der Waals surface area (Å²) in [5, 5.41) is 3.21. The monoisotopic (exact) mass is 264 g/mol. The molecule has 0 aliphatic carbocycles. The van der Waals surface area contributed by atoms with Crippen molar-refractivity contribution in [1.29, 1.82) is 0 Å². The number of aromatic nitrogens is 1. The Bertz CT molecular complexity index is 376. The van der Waals surface area contributed by atoms with Crippen molar-refractivity contribution in [2.24, 2.45) is 0 Å². The van der Waals surface area contributed by atoms with Gasteiger partial charge in [0.05, 0.1) is 0 Å². The van der Waals surface area contributed by atoms with E-state index in [0.717, 1.165) is 38.3 Å². The van der Waals surface area contributed by atoms with Gasteiger partial charge in [0.15, 0.2) is 0 Å². The molecule has 0 unspecified atom stereocenters. The highest BCUT2D eigenvalue weighted by Crippen LogP contribution is 2.15. The normalized spacial score (nSPS) is 11.1. The van der Waals surface area contributed by atoms with Crippen LogP contribution in [0.1, 0.15) is 24.6 Å². The van der Waals surface area contributed by atoms with Gasteiger partial charge >= 0.3 is 0 Å². The lowest BCUT2D eigenvalue weighted by molar-refractivity contribution is 0.401. The van der Waals surface area contributed by atoms with Gasteiger partial charge in [-0.1, -0.05) is 6.92 Å². The molecule has 0 aliphatic heterocycles. The molecule has 0 fully saturated rings. The molecule has 4 heteroatoms. The van der Waals surface area contributed by atoms with E-state index in [2.05, 4.69) is 55.3 Å². The van der Waals surface area contributed by atoms with Crippen molar-refractivity contribution in [3.05, 3.63) is 23.4 Å². The maximum atomic E-state index is 4.72. The van der Waals surface area contributed by atoms with Gasteiger partial charge in [0.2, 0.25) is 0 Å². The average Bonchev–Trinajstić information content (AvgIpc) is 2.38. The molecule has 0 amide bonds. The van der Waals surface area contributed by atoms with Crippen LogP contribution in [-0.4, -0.2) is 51.2 Å². The van der Waals surface area contributed by atoms with Crippen LogP contribution in [0.3, 0.4) is 0 Å². The van der Waals surface area contributed by atoms with E-state index < -0.39 is 0 Å². The van der Waals surface area contributed by atoms with E-state index in [1.165, 1.54) is 11.3 Å². The smallest absolute Gasteiger partial charge is 0.128 e. The lowest BCUT2D eigenvalue weighted by atomic mass is 10.2. The third-order valence-corrected chi connectivity index (χ3v) is 3.16. The van der Waals surface area contributed by atoms with E-state index in [0.29, 0.717) is 0 Å². The van der Waals surface area contributed by atoms with Gasteiger partial charge < -0.3 is 15.1 Å². The van der Waals surface area contributed by atoms with Gasteiger partial charge in [-0.15, -0.1) is 0 Å². The zero-order chi connectivity index (χ0) is 14.3. The number of hydrogen-bond acceptors (Lipinski definition) is 4. The molecule has 1 aromatic heterocycles. The maximum Gasteiger partial charge on any atom is 0.128 e. The quantitative estimate of drug-likeness (QED) is 0.775. The third-order valence-electron chi connectivity index (χ3n) is 3.16. The highest BCUT2D eigenvalue weighted by Gasteiger charge is 2.06. The van der Waals surface area contributed by atoms with Crippen LogP contribution in [-0.2, 0) is 13.0 Å². The van der Waals surface area contributed by atoms with Gasteiger partial charge in [-0.2, -0.15) is 0 Å². The Labute approximate surface area is 117 Å². The second kappa shape index (κ2) is 8.12. The molecule has 0 aliphatic rings. The topological polar surface area (TPSA) is 31.4 Å². The fourth-order valence-corrected chi connectivity index (χ4v) is 2.05. The van der Waals surface area contributed by atoms with Gasteiger partial charge in [0, 0.05) is 25.8 Å². The zero-order valence-corrected chi connectivity index (χ0v) is 13.0. The average molecular weight is 264 g/mol. The Morgan fingerprint density at radius 1 is 1.16 bits per heavy atom. The molecule has 0 saturated carbocycles. The van der Waals surface area contributed by atoms with Crippen LogP contribution in [0.15, 0.2) is 12.1 Å². The summed E-state index contributed by atoms with van der Waals surface area (Å²) in [4.78, 5) is 9.19. The summed E-state index contributed by atoms with van der Waals surface area (Å²) < 4.78 is 0. The Hall–Kier alpha value is -1.13. The SMILES string of the molecule is CCc1cc(CNC)cc(N(C)CCCN(C)C)n1. The molecule has 0 saturated heterocycles. The lowest BCUT2D eigenvalue weighted by Crippen LogP contribution is -2.24. The maximum absolute atomic E-state index is 4.72. The highest BCUT2D eigenvalue weighted by molar-refractivity contribution is 5.42. The van der Waals surface area contributed by atoms with E-state index >= 15 is 0 Å². The van der Waals surface area contributed by atoms with Gasteiger partial charge in [0.1, 0.15) is 5.82 Å². The van der Waals surface area contributed by atoms with Crippen LogP contribution >= 0.6 is 0 Å². The first kappa shape index (κ1) is 15.9.